The fraction of sp³-hybridized carbons (Fsp3) is 0.286. The van der Waals surface area contributed by atoms with Gasteiger partial charge < -0.3 is 4.79 Å². The average Bonchev–Trinajstić information content (AvgIpc) is 2.64. The number of aromatic nitrogens is 1. The zero-order chi connectivity index (χ0) is 12.4. The van der Waals surface area contributed by atoms with E-state index in [9.17, 15) is 9.59 Å². The Morgan fingerprint density at radius 2 is 1.88 bits per heavy atom. The molecule has 1 aromatic heterocycles. The van der Waals surface area contributed by atoms with E-state index in [1.165, 1.54) is 0 Å². The van der Waals surface area contributed by atoms with Crippen LogP contribution in [-0.4, -0.2) is 16.3 Å². The Morgan fingerprint density at radius 1 is 1.18 bits per heavy atom. The van der Waals surface area contributed by atoms with Crippen LogP contribution in [0.3, 0.4) is 0 Å². The molecule has 2 rings (SSSR count). The van der Waals surface area contributed by atoms with Crippen molar-refractivity contribution in [2.45, 2.75) is 26.7 Å². The maximum Gasteiger partial charge on any atom is 0.228 e. The molecule has 0 aliphatic heterocycles. The van der Waals surface area contributed by atoms with Crippen molar-refractivity contribution in [2.75, 3.05) is 0 Å². The fourth-order valence-electron chi connectivity index (χ4n) is 2.07. The van der Waals surface area contributed by atoms with Crippen molar-refractivity contribution >= 4 is 22.6 Å². The molecule has 88 valence electrons. The topological polar surface area (TPSA) is 39.1 Å². The highest BCUT2D eigenvalue weighted by atomic mass is 16.1. The van der Waals surface area contributed by atoms with E-state index in [0.717, 1.165) is 16.6 Å². The lowest BCUT2D eigenvalue weighted by molar-refractivity contribution is -0.117. The SMILES string of the molecule is CC(=O)CCc1cc2ccccc2n1C(C)=O. The summed E-state index contributed by atoms with van der Waals surface area (Å²) in [5.74, 6) is 0.134. The summed E-state index contributed by atoms with van der Waals surface area (Å²) in [6.45, 7) is 3.12. The first-order valence-corrected chi connectivity index (χ1v) is 5.69. The van der Waals surface area contributed by atoms with Gasteiger partial charge in [-0.3, -0.25) is 9.36 Å². The Labute approximate surface area is 100 Å². The number of benzene rings is 1. The van der Waals surface area contributed by atoms with Crippen molar-refractivity contribution in [3.63, 3.8) is 0 Å². The normalized spacial score (nSPS) is 10.7. The molecule has 0 fully saturated rings. The molecule has 0 amide bonds. The second-order valence-corrected chi connectivity index (χ2v) is 4.25. The van der Waals surface area contributed by atoms with Crippen molar-refractivity contribution < 1.29 is 9.59 Å². The molecule has 17 heavy (non-hydrogen) atoms. The van der Waals surface area contributed by atoms with Gasteiger partial charge in [-0.1, -0.05) is 18.2 Å². The minimum Gasteiger partial charge on any atom is -0.300 e. The molecule has 3 nitrogen and oxygen atoms in total. The Kier molecular flexibility index (Phi) is 3.09. The first-order valence-electron chi connectivity index (χ1n) is 5.69. The number of para-hydroxylation sites is 1. The van der Waals surface area contributed by atoms with Crippen LogP contribution in [0.1, 0.15) is 30.8 Å². The zero-order valence-corrected chi connectivity index (χ0v) is 10.1. The number of fused-ring (bicyclic) bond motifs is 1. The summed E-state index contributed by atoms with van der Waals surface area (Å²) < 4.78 is 1.69. The Balaban J connectivity index is 2.50. The largest absolute Gasteiger partial charge is 0.300 e. The number of carbonyl (C=O) groups excluding carboxylic acids is 2. The van der Waals surface area contributed by atoms with Crippen LogP contribution >= 0.6 is 0 Å². The van der Waals surface area contributed by atoms with E-state index in [1.807, 2.05) is 30.3 Å². The lowest BCUT2D eigenvalue weighted by Crippen LogP contribution is -2.10. The van der Waals surface area contributed by atoms with Gasteiger partial charge in [-0.05, 0) is 25.5 Å². The van der Waals surface area contributed by atoms with Gasteiger partial charge in [0.1, 0.15) is 5.78 Å². The molecule has 0 saturated heterocycles. The summed E-state index contributed by atoms with van der Waals surface area (Å²) >= 11 is 0. The van der Waals surface area contributed by atoms with Crippen LogP contribution < -0.4 is 0 Å². The lowest BCUT2D eigenvalue weighted by atomic mass is 10.2. The standard InChI is InChI=1S/C14H15NO2/c1-10(16)7-8-13-9-12-5-3-4-6-14(12)15(13)11(2)17/h3-6,9H,7-8H2,1-2H3. The first-order chi connectivity index (χ1) is 8.09. The van der Waals surface area contributed by atoms with Crippen molar-refractivity contribution in [1.82, 2.24) is 4.57 Å². The number of carbonyl (C=O) groups is 2. The number of hydrogen-bond acceptors (Lipinski definition) is 2. The summed E-state index contributed by atoms with van der Waals surface area (Å²) in [4.78, 5) is 22.7. The van der Waals surface area contributed by atoms with Gasteiger partial charge in [0.15, 0.2) is 0 Å². The van der Waals surface area contributed by atoms with E-state index >= 15 is 0 Å². The highest BCUT2D eigenvalue weighted by molar-refractivity contribution is 5.93. The maximum absolute atomic E-state index is 11.7. The number of ketones is 1. The number of rotatable bonds is 3. The molecule has 0 aliphatic carbocycles. The van der Waals surface area contributed by atoms with Crippen LogP contribution in [0.5, 0.6) is 0 Å². The number of Topliss-reactive ketones (excluding diaryl/α,β-unsaturated/α-hetero) is 1. The summed E-state index contributed by atoms with van der Waals surface area (Å²) in [7, 11) is 0. The van der Waals surface area contributed by atoms with Crippen LogP contribution in [0.15, 0.2) is 30.3 Å². The molecule has 0 N–H and O–H groups in total. The molecule has 0 bridgehead atoms. The minimum atomic E-state index is -0.00949. The van der Waals surface area contributed by atoms with Gasteiger partial charge in [0.25, 0.3) is 0 Å². The van der Waals surface area contributed by atoms with Crippen LogP contribution in [0, 0.1) is 0 Å². The zero-order valence-electron chi connectivity index (χ0n) is 10.1. The molecule has 2 aromatic rings. The minimum absolute atomic E-state index is 0.00949. The van der Waals surface area contributed by atoms with E-state index < -0.39 is 0 Å². The molecule has 0 unspecified atom stereocenters. The van der Waals surface area contributed by atoms with Gasteiger partial charge in [0.05, 0.1) is 5.52 Å². The van der Waals surface area contributed by atoms with Crippen LogP contribution in [0.2, 0.25) is 0 Å². The summed E-state index contributed by atoms with van der Waals surface area (Å²) in [6, 6.07) is 9.75. The molecule has 0 atom stereocenters. The monoisotopic (exact) mass is 229 g/mol. The molecule has 0 radical (unpaired) electrons. The highest BCUT2D eigenvalue weighted by Crippen LogP contribution is 2.20. The Morgan fingerprint density at radius 3 is 2.53 bits per heavy atom. The van der Waals surface area contributed by atoms with Gasteiger partial charge >= 0.3 is 0 Å². The van der Waals surface area contributed by atoms with E-state index in [0.29, 0.717) is 12.8 Å². The third-order valence-corrected chi connectivity index (χ3v) is 2.84. The fourth-order valence-corrected chi connectivity index (χ4v) is 2.07. The second kappa shape index (κ2) is 4.53. The van der Waals surface area contributed by atoms with Crippen molar-refractivity contribution in [3.05, 3.63) is 36.0 Å². The van der Waals surface area contributed by atoms with E-state index in [2.05, 4.69) is 0 Å². The molecule has 1 heterocycles. The van der Waals surface area contributed by atoms with Crippen LogP contribution in [-0.2, 0) is 11.2 Å². The summed E-state index contributed by atoms with van der Waals surface area (Å²) in [5, 5.41) is 1.04. The first kappa shape index (κ1) is 11.6. The Hall–Kier alpha value is -1.90. The molecule has 1 aromatic carbocycles. The number of aryl methyl sites for hydroxylation is 1. The molecule has 0 spiro atoms. The quantitative estimate of drug-likeness (QED) is 0.811. The lowest BCUT2D eigenvalue weighted by Gasteiger charge is -2.05. The van der Waals surface area contributed by atoms with Crippen molar-refractivity contribution in [1.29, 1.82) is 0 Å². The summed E-state index contributed by atoms with van der Waals surface area (Å²) in [6.07, 6.45) is 1.09. The maximum atomic E-state index is 11.7. The van der Waals surface area contributed by atoms with Gasteiger partial charge in [-0.2, -0.15) is 0 Å². The van der Waals surface area contributed by atoms with Crippen molar-refractivity contribution in [3.8, 4) is 0 Å². The van der Waals surface area contributed by atoms with Crippen LogP contribution in [0.25, 0.3) is 10.9 Å². The smallest absolute Gasteiger partial charge is 0.228 e. The number of nitrogens with zero attached hydrogens (tertiary/aromatic N) is 1. The van der Waals surface area contributed by atoms with E-state index in [1.54, 1.807) is 18.4 Å². The third kappa shape index (κ3) is 2.28. The van der Waals surface area contributed by atoms with Crippen LogP contribution in [0.4, 0.5) is 0 Å². The predicted molar refractivity (Wildman–Crippen MR) is 67.2 cm³/mol. The van der Waals surface area contributed by atoms with E-state index in [-0.39, 0.29) is 11.7 Å². The van der Waals surface area contributed by atoms with Gasteiger partial charge in [-0.25, -0.2) is 0 Å². The third-order valence-electron chi connectivity index (χ3n) is 2.84. The molecule has 0 aliphatic rings. The highest BCUT2D eigenvalue weighted by Gasteiger charge is 2.11. The van der Waals surface area contributed by atoms with Crippen molar-refractivity contribution in [2.24, 2.45) is 0 Å². The summed E-state index contributed by atoms with van der Waals surface area (Å²) in [5.41, 5.74) is 1.83. The van der Waals surface area contributed by atoms with Gasteiger partial charge in [0.2, 0.25) is 5.91 Å². The number of hydrogen-bond donors (Lipinski definition) is 0. The second-order valence-electron chi connectivity index (χ2n) is 4.25. The molecule has 3 heteroatoms. The van der Waals surface area contributed by atoms with Gasteiger partial charge in [-0.15, -0.1) is 0 Å². The average molecular weight is 229 g/mol. The van der Waals surface area contributed by atoms with E-state index in [4.69, 9.17) is 0 Å². The molecular formula is C14H15NO2. The Bertz CT molecular complexity index is 581. The van der Waals surface area contributed by atoms with Gasteiger partial charge in [0, 0.05) is 24.4 Å². The predicted octanol–water partition coefficient (Wildman–Crippen LogP) is 2.82. The molecular weight excluding hydrogens is 214 g/mol. The molecule has 0 saturated carbocycles.